The molecule has 45 heavy (non-hydrogen) atoms. The number of nitrogens with one attached hydrogen (secondary N) is 1. The highest BCUT2D eigenvalue weighted by atomic mass is 15.3. The van der Waals surface area contributed by atoms with E-state index < -0.39 is 0 Å². The summed E-state index contributed by atoms with van der Waals surface area (Å²) in [5, 5.41) is 5.73. The van der Waals surface area contributed by atoms with Crippen molar-refractivity contribution < 1.29 is 0 Å². The number of benzene rings is 4. The lowest BCUT2D eigenvalue weighted by molar-refractivity contribution is 0.382. The molecular formula is C39H34N6. The van der Waals surface area contributed by atoms with E-state index in [9.17, 15) is 0 Å². The quantitative estimate of drug-likeness (QED) is 0.201. The van der Waals surface area contributed by atoms with Crippen molar-refractivity contribution in [2.24, 2.45) is 11.3 Å². The molecule has 6 nitrogen and oxygen atoms in total. The molecule has 1 atom stereocenters. The van der Waals surface area contributed by atoms with Crippen molar-refractivity contribution in [2.45, 2.75) is 20.8 Å². The van der Waals surface area contributed by atoms with Gasteiger partial charge in [0.2, 0.25) is 11.9 Å². The van der Waals surface area contributed by atoms with Crippen molar-refractivity contribution >= 4 is 50.9 Å². The van der Waals surface area contributed by atoms with Gasteiger partial charge in [-0.3, -0.25) is 9.88 Å². The van der Waals surface area contributed by atoms with E-state index in [4.69, 9.17) is 19.9 Å². The second kappa shape index (κ2) is 11.8. The van der Waals surface area contributed by atoms with Crippen molar-refractivity contribution in [3.05, 3.63) is 151 Å². The molecule has 1 aliphatic rings. The Morgan fingerprint density at radius 3 is 2.00 bits per heavy atom. The van der Waals surface area contributed by atoms with Crippen LogP contribution in [0.25, 0.3) is 21.9 Å². The van der Waals surface area contributed by atoms with Crippen LogP contribution in [0.5, 0.6) is 0 Å². The number of para-hydroxylation sites is 3. The van der Waals surface area contributed by atoms with Crippen LogP contribution < -0.4 is 10.2 Å². The van der Waals surface area contributed by atoms with Crippen LogP contribution in [0.15, 0.2) is 140 Å². The number of rotatable bonds is 7. The lowest BCUT2D eigenvalue weighted by Crippen LogP contribution is -2.26. The topological polar surface area (TPSA) is 66.8 Å². The molecule has 2 heterocycles. The van der Waals surface area contributed by atoms with Crippen LogP contribution in [-0.4, -0.2) is 19.9 Å². The van der Waals surface area contributed by atoms with Crippen molar-refractivity contribution in [2.75, 3.05) is 10.2 Å². The van der Waals surface area contributed by atoms with Gasteiger partial charge in [0.1, 0.15) is 0 Å². The number of fused-ring (bicyclic) bond motifs is 1. The van der Waals surface area contributed by atoms with E-state index in [1.807, 2.05) is 72.9 Å². The maximum absolute atomic E-state index is 5.15. The van der Waals surface area contributed by atoms with Gasteiger partial charge < -0.3 is 5.32 Å². The average molecular weight is 587 g/mol. The summed E-state index contributed by atoms with van der Waals surface area (Å²) < 4.78 is 0. The van der Waals surface area contributed by atoms with E-state index in [1.54, 1.807) is 0 Å². The van der Waals surface area contributed by atoms with Gasteiger partial charge >= 0.3 is 0 Å². The minimum Gasteiger partial charge on any atom is -0.324 e. The molecule has 1 N–H and O–H groups in total. The predicted octanol–water partition coefficient (Wildman–Crippen LogP) is 9.78. The third-order valence-corrected chi connectivity index (χ3v) is 8.63. The summed E-state index contributed by atoms with van der Waals surface area (Å²) in [5.41, 5.74) is 5.73. The van der Waals surface area contributed by atoms with E-state index in [0.717, 1.165) is 39.3 Å². The Balaban J connectivity index is 1.42. The van der Waals surface area contributed by atoms with Gasteiger partial charge in [-0.15, -0.1) is 0 Å². The first-order valence-electron chi connectivity index (χ1n) is 15.2. The number of anilines is 5. The first-order valence-corrected chi connectivity index (χ1v) is 15.2. The molecule has 1 aliphatic carbocycles. The number of allylic oxidation sites excluding steroid dienone is 4. The molecule has 0 saturated heterocycles. The molecule has 0 radical (unpaired) electrons. The fraction of sp³-hybridized carbons (Fsp3) is 0.128. The summed E-state index contributed by atoms with van der Waals surface area (Å²) in [5.74, 6) is 1.77. The smallest absolute Gasteiger partial charge is 0.240 e. The molecule has 0 fully saturated rings. The molecule has 4 aromatic carbocycles. The molecule has 0 spiro atoms. The van der Waals surface area contributed by atoms with E-state index in [2.05, 4.69) is 97.7 Å². The highest BCUT2D eigenvalue weighted by molar-refractivity contribution is 5.97. The number of pyridine rings is 1. The minimum atomic E-state index is -0.165. The highest BCUT2D eigenvalue weighted by Gasteiger charge is 2.35. The Hall–Kier alpha value is -5.62. The summed E-state index contributed by atoms with van der Waals surface area (Å²) >= 11 is 0. The van der Waals surface area contributed by atoms with Gasteiger partial charge in [-0.2, -0.15) is 15.0 Å². The molecule has 6 heteroatoms. The molecule has 0 amide bonds. The Bertz CT molecular complexity index is 1970. The van der Waals surface area contributed by atoms with Crippen molar-refractivity contribution in [3.8, 4) is 0 Å². The fourth-order valence-corrected chi connectivity index (χ4v) is 5.79. The second-order valence-corrected chi connectivity index (χ2v) is 11.9. The highest BCUT2D eigenvalue weighted by Crippen LogP contribution is 2.48. The van der Waals surface area contributed by atoms with Gasteiger partial charge in [-0.1, -0.05) is 106 Å². The van der Waals surface area contributed by atoms with Crippen LogP contribution in [0.4, 0.5) is 29.0 Å². The minimum absolute atomic E-state index is 0.165. The standard InChI is InChI=1S/C39H34N6/c1-27-25-29(26-34(39(27,2)3)35-33-22-14-13-15-28(33)23-24-40-35)36-42-37(41-30-16-7-4-8-17-30)44-38(43-36)45(31-18-9-5-10-19-31)32-20-11-6-12-21-32/h4-27H,1-3H3,(H,41,42,43,44). The molecule has 0 bridgehead atoms. The van der Waals surface area contributed by atoms with Crippen molar-refractivity contribution in [3.63, 3.8) is 0 Å². The number of nitrogens with zero attached hydrogens (tertiary/aromatic N) is 5. The maximum Gasteiger partial charge on any atom is 0.240 e. The monoisotopic (exact) mass is 586 g/mol. The summed E-state index contributed by atoms with van der Waals surface area (Å²) in [6, 6.07) is 40.9. The molecule has 1 unspecified atom stereocenters. The second-order valence-electron chi connectivity index (χ2n) is 11.9. The van der Waals surface area contributed by atoms with Gasteiger partial charge in [0.25, 0.3) is 0 Å². The zero-order valence-corrected chi connectivity index (χ0v) is 25.6. The number of hydrogen-bond acceptors (Lipinski definition) is 6. The third kappa shape index (κ3) is 5.58. The SMILES string of the molecule is CC1C=C(c2nc(Nc3ccccc3)nc(N(c3ccccc3)c3ccccc3)n2)C=C(c2nccc3ccccc23)C1(C)C. The Morgan fingerprint density at radius 1 is 0.689 bits per heavy atom. The molecule has 0 aliphatic heterocycles. The first kappa shape index (κ1) is 28.2. The lowest BCUT2D eigenvalue weighted by Gasteiger charge is -2.36. The molecular weight excluding hydrogens is 552 g/mol. The summed E-state index contributed by atoms with van der Waals surface area (Å²) in [6.07, 6.45) is 6.39. The fourth-order valence-electron chi connectivity index (χ4n) is 5.79. The molecule has 2 aromatic heterocycles. The van der Waals surface area contributed by atoms with Crippen molar-refractivity contribution in [1.29, 1.82) is 0 Å². The first-order chi connectivity index (χ1) is 22.0. The Kier molecular flexibility index (Phi) is 7.39. The Labute approximate surface area is 263 Å². The average Bonchev–Trinajstić information content (AvgIpc) is 3.07. The van der Waals surface area contributed by atoms with Crippen LogP contribution >= 0.6 is 0 Å². The molecule has 7 rings (SSSR count). The molecule has 6 aromatic rings. The van der Waals surface area contributed by atoms with Gasteiger partial charge in [-0.05, 0) is 70.8 Å². The van der Waals surface area contributed by atoms with E-state index >= 15 is 0 Å². The summed E-state index contributed by atoms with van der Waals surface area (Å²) in [6.45, 7) is 6.82. The number of hydrogen-bond donors (Lipinski definition) is 1. The van der Waals surface area contributed by atoms with E-state index in [0.29, 0.717) is 17.7 Å². The lowest BCUT2D eigenvalue weighted by atomic mass is 9.68. The Morgan fingerprint density at radius 2 is 1.31 bits per heavy atom. The maximum atomic E-state index is 5.15. The number of aromatic nitrogens is 4. The normalized spacial score (nSPS) is 15.7. The largest absolute Gasteiger partial charge is 0.324 e. The van der Waals surface area contributed by atoms with Crippen LogP contribution in [0, 0.1) is 11.3 Å². The predicted molar refractivity (Wildman–Crippen MR) is 185 cm³/mol. The zero-order chi connectivity index (χ0) is 30.8. The molecule has 0 saturated carbocycles. The van der Waals surface area contributed by atoms with Gasteiger partial charge in [0, 0.05) is 34.2 Å². The zero-order valence-electron chi connectivity index (χ0n) is 25.6. The van der Waals surface area contributed by atoms with Crippen LogP contribution in [0.1, 0.15) is 32.3 Å². The third-order valence-electron chi connectivity index (χ3n) is 8.63. The van der Waals surface area contributed by atoms with Crippen LogP contribution in [0.3, 0.4) is 0 Å². The van der Waals surface area contributed by atoms with Crippen molar-refractivity contribution in [1.82, 2.24) is 19.9 Å². The van der Waals surface area contributed by atoms with E-state index in [1.165, 1.54) is 5.39 Å². The van der Waals surface area contributed by atoms with Gasteiger partial charge in [0.05, 0.1) is 5.69 Å². The van der Waals surface area contributed by atoms with E-state index in [-0.39, 0.29) is 11.3 Å². The summed E-state index contributed by atoms with van der Waals surface area (Å²) in [4.78, 5) is 22.1. The van der Waals surface area contributed by atoms with Gasteiger partial charge in [-0.25, -0.2) is 0 Å². The summed E-state index contributed by atoms with van der Waals surface area (Å²) in [7, 11) is 0. The van der Waals surface area contributed by atoms with Crippen LogP contribution in [0.2, 0.25) is 0 Å². The van der Waals surface area contributed by atoms with Gasteiger partial charge in [0.15, 0.2) is 5.82 Å². The molecule has 220 valence electrons. The van der Waals surface area contributed by atoms with Crippen LogP contribution in [-0.2, 0) is 0 Å².